The topological polar surface area (TPSA) is 118 Å². The average molecular weight is 450 g/mol. The molecule has 1 aromatic carbocycles. The maximum Gasteiger partial charge on any atom is 0.336 e. The number of hydrogen-bond acceptors (Lipinski definition) is 10. The summed E-state index contributed by atoms with van der Waals surface area (Å²) in [6, 6.07) is 6.41. The molecule has 166 valence electrons. The van der Waals surface area contributed by atoms with Crippen LogP contribution in [0.4, 0.5) is 0 Å². The molecule has 0 amide bonds. The molecule has 0 aliphatic carbocycles. The minimum Gasteiger partial charge on any atom is -0.476 e. The summed E-state index contributed by atoms with van der Waals surface area (Å²) in [7, 11) is 0. The quantitative estimate of drug-likeness (QED) is 0.381. The van der Waals surface area contributed by atoms with Gasteiger partial charge in [0.25, 0.3) is 0 Å². The van der Waals surface area contributed by atoms with Crippen LogP contribution in [0.5, 0.6) is 5.75 Å². The highest BCUT2D eigenvalue weighted by molar-refractivity contribution is 7.99. The average Bonchev–Trinajstić information content (AvgIpc) is 2.64. The fourth-order valence-corrected chi connectivity index (χ4v) is 4.54. The minimum atomic E-state index is -1.04. The van der Waals surface area contributed by atoms with Crippen molar-refractivity contribution in [2.24, 2.45) is 0 Å². The van der Waals surface area contributed by atoms with Gasteiger partial charge in [0, 0.05) is 44.0 Å². The Hall–Kier alpha value is -3.01. The number of esters is 3. The van der Waals surface area contributed by atoms with E-state index in [0.29, 0.717) is 11.3 Å². The van der Waals surface area contributed by atoms with E-state index in [2.05, 4.69) is 0 Å². The third kappa shape index (κ3) is 5.57. The second kappa shape index (κ2) is 9.42. The Bertz CT molecular complexity index is 1060. The predicted molar refractivity (Wildman–Crippen MR) is 111 cm³/mol. The van der Waals surface area contributed by atoms with E-state index in [0.717, 1.165) is 10.9 Å². The highest BCUT2D eigenvalue weighted by atomic mass is 32.2. The Morgan fingerprint density at radius 3 is 2.26 bits per heavy atom. The third-order valence-electron chi connectivity index (χ3n) is 4.48. The van der Waals surface area contributed by atoms with Gasteiger partial charge in [0.15, 0.2) is 23.7 Å². The smallest absolute Gasteiger partial charge is 0.336 e. The molecule has 0 radical (unpaired) electrons. The van der Waals surface area contributed by atoms with Crippen LogP contribution in [-0.4, -0.2) is 47.4 Å². The number of benzene rings is 1. The van der Waals surface area contributed by atoms with Gasteiger partial charge >= 0.3 is 23.5 Å². The Morgan fingerprint density at radius 1 is 0.968 bits per heavy atom. The van der Waals surface area contributed by atoms with Crippen molar-refractivity contribution in [1.82, 2.24) is 0 Å². The van der Waals surface area contributed by atoms with Crippen LogP contribution in [0.2, 0.25) is 0 Å². The number of carbonyl (C=O) groups is 3. The fourth-order valence-electron chi connectivity index (χ4n) is 3.32. The number of hydrogen-bond donors (Lipinski definition) is 0. The molecule has 9 nitrogen and oxygen atoms in total. The van der Waals surface area contributed by atoms with Crippen LogP contribution < -0.4 is 10.4 Å². The molecule has 0 spiro atoms. The van der Waals surface area contributed by atoms with Crippen molar-refractivity contribution in [1.29, 1.82) is 0 Å². The second-order valence-electron chi connectivity index (χ2n) is 7.02. The first-order valence-electron chi connectivity index (χ1n) is 9.48. The van der Waals surface area contributed by atoms with Crippen LogP contribution >= 0.6 is 11.8 Å². The summed E-state index contributed by atoms with van der Waals surface area (Å²) in [5.74, 6) is -1.17. The van der Waals surface area contributed by atoms with Gasteiger partial charge in [0.2, 0.25) is 0 Å². The summed E-state index contributed by atoms with van der Waals surface area (Å²) < 4.78 is 27.3. The zero-order chi connectivity index (χ0) is 22.7. The number of aryl methyl sites for hydroxylation is 1. The third-order valence-corrected chi connectivity index (χ3v) is 5.69. The van der Waals surface area contributed by atoms with Crippen molar-refractivity contribution in [3.63, 3.8) is 0 Å². The van der Waals surface area contributed by atoms with Gasteiger partial charge in [-0.15, -0.1) is 11.8 Å². The second-order valence-corrected chi connectivity index (χ2v) is 8.15. The molecule has 0 unspecified atom stereocenters. The fraction of sp³-hybridized carbons (Fsp3) is 0.429. The van der Waals surface area contributed by atoms with Crippen molar-refractivity contribution < 1.29 is 37.7 Å². The standard InChI is InChI=1S/C21H22O9S/c1-10-7-18(25)30-16-8-14(5-6-15(10)16)29-21-20(28-13(4)24)19(27-12(3)23)17(9-31-21)26-11(2)22/h5-8,17,19-21H,9H2,1-4H3/t17-,19+,20-,21-/m1/s1. The summed E-state index contributed by atoms with van der Waals surface area (Å²) in [6.45, 7) is 5.46. The molecule has 1 aliphatic heterocycles. The number of thioether (sulfide) groups is 1. The van der Waals surface area contributed by atoms with Crippen LogP contribution in [0.15, 0.2) is 33.5 Å². The lowest BCUT2D eigenvalue weighted by Gasteiger charge is -2.39. The van der Waals surface area contributed by atoms with E-state index in [1.165, 1.54) is 38.6 Å². The molecule has 31 heavy (non-hydrogen) atoms. The van der Waals surface area contributed by atoms with E-state index in [4.69, 9.17) is 23.4 Å². The zero-order valence-electron chi connectivity index (χ0n) is 17.4. The van der Waals surface area contributed by atoms with Gasteiger partial charge < -0.3 is 23.4 Å². The highest BCUT2D eigenvalue weighted by Gasteiger charge is 2.47. The Morgan fingerprint density at radius 2 is 1.61 bits per heavy atom. The number of fused-ring (bicyclic) bond motifs is 1. The van der Waals surface area contributed by atoms with E-state index in [1.54, 1.807) is 25.1 Å². The first-order valence-corrected chi connectivity index (χ1v) is 10.5. The summed E-state index contributed by atoms with van der Waals surface area (Å²) >= 11 is 1.24. The first-order chi connectivity index (χ1) is 14.6. The van der Waals surface area contributed by atoms with Crippen LogP contribution in [0.1, 0.15) is 26.3 Å². The maximum absolute atomic E-state index is 11.7. The molecule has 3 rings (SSSR count). The number of rotatable bonds is 5. The molecule has 1 aliphatic rings. The predicted octanol–water partition coefficient (Wildman–Crippen LogP) is 2.35. The van der Waals surface area contributed by atoms with Gasteiger partial charge in [-0.1, -0.05) is 0 Å². The summed E-state index contributed by atoms with van der Waals surface area (Å²) in [5.41, 5.74) is -0.136. The van der Waals surface area contributed by atoms with Gasteiger partial charge in [-0.2, -0.15) is 0 Å². The van der Waals surface area contributed by atoms with Crippen LogP contribution in [0, 0.1) is 6.92 Å². The van der Waals surface area contributed by atoms with Crippen molar-refractivity contribution in [2.45, 2.75) is 51.4 Å². The van der Waals surface area contributed by atoms with Gasteiger partial charge in [0.05, 0.1) is 0 Å². The van der Waals surface area contributed by atoms with Crippen molar-refractivity contribution in [3.8, 4) is 5.75 Å². The van der Waals surface area contributed by atoms with E-state index < -0.39 is 47.3 Å². The molecule has 0 N–H and O–H groups in total. The van der Waals surface area contributed by atoms with Crippen LogP contribution in [0.3, 0.4) is 0 Å². The molecule has 1 saturated heterocycles. The lowest BCUT2D eigenvalue weighted by atomic mass is 10.1. The van der Waals surface area contributed by atoms with E-state index in [9.17, 15) is 19.2 Å². The number of carbonyl (C=O) groups excluding carboxylic acids is 3. The van der Waals surface area contributed by atoms with E-state index in [-0.39, 0.29) is 5.75 Å². The minimum absolute atomic E-state index is 0.252. The van der Waals surface area contributed by atoms with E-state index in [1.807, 2.05) is 0 Å². The van der Waals surface area contributed by atoms with Crippen molar-refractivity contribution in [3.05, 3.63) is 40.2 Å². The number of ether oxygens (including phenoxy) is 4. The molecule has 2 heterocycles. The Balaban J connectivity index is 1.92. The van der Waals surface area contributed by atoms with Gasteiger partial charge in [-0.3, -0.25) is 14.4 Å². The van der Waals surface area contributed by atoms with Gasteiger partial charge in [0.1, 0.15) is 11.3 Å². The van der Waals surface area contributed by atoms with Crippen LogP contribution in [0.25, 0.3) is 11.0 Å². The summed E-state index contributed by atoms with van der Waals surface area (Å²) in [5, 5.41) is 0.757. The molecule has 1 aromatic heterocycles. The van der Waals surface area contributed by atoms with Crippen molar-refractivity contribution >= 4 is 40.6 Å². The molecular formula is C21H22O9S. The lowest BCUT2D eigenvalue weighted by molar-refractivity contribution is -0.186. The SMILES string of the molecule is CC(=O)O[C@@H]1[C@@H](OC(C)=O)[C@H](OC(C)=O)CS[C@H]1Oc1ccc2c(C)cc(=O)oc2c1. The van der Waals surface area contributed by atoms with Gasteiger partial charge in [-0.05, 0) is 24.6 Å². The summed E-state index contributed by atoms with van der Waals surface area (Å²) in [4.78, 5) is 46.6. The lowest BCUT2D eigenvalue weighted by Crippen LogP contribution is -2.55. The van der Waals surface area contributed by atoms with Crippen molar-refractivity contribution in [2.75, 3.05) is 5.75 Å². The van der Waals surface area contributed by atoms with E-state index >= 15 is 0 Å². The molecule has 2 aromatic rings. The normalized spacial score (nSPS) is 23.1. The Labute approximate surface area is 182 Å². The molecule has 0 saturated carbocycles. The van der Waals surface area contributed by atoms with Crippen LogP contribution in [-0.2, 0) is 28.6 Å². The largest absolute Gasteiger partial charge is 0.476 e. The zero-order valence-corrected chi connectivity index (χ0v) is 18.2. The molecule has 4 atom stereocenters. The Kier molecular flexibility index (Phi) is 6.89. The summed E-state index contributed by atoms with van der Waals surface area (Å²) in [6.07, 6.45) is -2.89. The van der Waals surface area contributed by atoms with Gasteiger partial charge in [-0.25, -0.2) is 4.79 Å². The monoisotopic (exact) mass is 450 g/mol. The molecule has 0 bridgehead atoms. The maximum atomic E-state index is 11.7. The molecule has 1 fully saturated rings. The molecular weight excluding hydrogens is 428 g/mol. The highest BCUT2D eigenvalue weighted by Crippen LogP contribution is 2.35. The molecule has 10 heteroatoms. The first kappa shape index (κ1) is 22.7.